The second kappa shape index (κ2) is 5.85. The quantitative estimate of drug-likeness (QED) is 0.773. The Bertz CT molecular complexity index is 879. The molecule has 2 N–H and O–H groups in total. The maximum Gasteiger partial charge on any atom is 0.255 e. The van der Waals surface area contributed by atoms with Crippen LogP contribution in [-0.4, -0.2) is 20.7 Å². The number of nitrogens with one attached hydrogen (secondary N) is 2. The van der Waals surface area contributed by atoms with Gasteiger partial charge in [0.25, 0.3) is 5.56 Å². The molecule has 22 heavy (non-hydrogen) atoms. The van der Waals surface area contributed by atoms with Crippen LogP contribution in [0.25, 0.3) is 10.8 Å². The molecule has 0 aliphatic carbocycles. The molecule has 3 rings (SSSR count). The van der Waals surface area contributed by atoms with Crippen molar-refractivity contribution in [3.63, 3.8) is 0 Å². The average Bonchev–Trinajstić information content (AvgIpc) is 2.92. The van der Waals surface area contributed by atoms with Gasteiger partial charge in [-0.05, 0) is 30.7 Å². The summed E-state index contributed by atoms with van der Waals surface area (Å²) < 4.78 is 1.74. The first-order valence-electron chi connectivity index (χ1n) is 7.03. The van der Waals surface area contributed by atoms with E-state index in [2.05, 4.69) is 15.4 Å². The van der Waals surface area contributed by atoms with Gasteiger partial charge in [-0.3, -0.25) is 14.3 Å². The Kier molecular flexibility index (Phi) is 3.74. The number of carbonyl (C=O) groups is 1. The van der Waals surface area contributed by atoms with Gasteiger partial charge in [0.05, 0.1) is 6.20 Å². The molecule has 0 spiro atoms. The van der Waals surface area contributed by atoms with Crippen molar-refractivity contribution in [1.29, 1.82) is 0 Å². The second-order valence-corrected chi connectivity index (χ2v) is 5.15. The molecule has 2 heterocycles. The molecule has 0 atom stereocenters. The van der Waals surface area contributed by atoms with E-state index in [0.717, 1.165) is 10.9 Å². The first-order chi connectivity index (χ1) is 10.6. The topological polar surface area (TPSA) is 79.8 Å². The van der Waals surface area contributed by atoms with E-state index in [1.165, 1.54) is 0 Å². The average molecular weight is 296 g/mol. The number of hydrogen-bond donors (Lipinski definition) is 2. The zero-order chi connectivity index (χ0) is 15.5. The zero-order valence-corrected chi connectivity index (χ0v) is 12.2. The molecule has 6 nitrogen and oxygen atoms in total. The lowest BCUT2D eigenvalue weighted by atomic mass is 10.1. The number of rotatable bonds is 4. The number of carbonyl (C=O) groups excluding carboxylic acids is 1. The predicted octanol–water partition coefficient (Wildman–Crippen LogP) is 2.06. The third kappa shape index (κ3) is 2.90. The molecule has 0 saturated carbocycles. The van der Waals surface area contributed by atoms with Crippen LogP contribution in [-0.2, 0) is 11.3 Å². The number of amides is 1. The molecule has 112 valence electrons. The van der Waals surface area contributed by atoms with E-state index < -0.39 is 0 Å². The number of hydrogen-bond acceptors (Lipinski definition) is 3. The van der Waals surface area contributed by atoms with E-state index in [-0.39, 0.29) is 11.5 Å². The van der Waals surface area contributed by atoms with E-state index in [1.54, 1.807) is 41.3 Å². The van der Waals surface area contributed by atoms with Gasteiger partial charge in [-0.2, -0.15) is 5.10 Å². The van der Waals surface area contributed by atoms with Crippen molar-refractivity contribution in [2.24, 2.45) is 0 Å². The fourth-order valence-corrected chi connectivity index (χ4v) is 2.35. The minimum Gasteiger partial charge on any atom is -0.329 e. The first-order valence-corrected chi connectivity index (χ1v) is 7.03. The zero-order valence-electron chi connectivity index (χ0n) is 12.2. The number of H-pyrrole nitrogens is 1. The van der Waals surface area contributed by atoms with Crippen molar-refractivity contribution in [3.8, 4) is 0 Å². The number of aryl methyl sites for hydroxylation is 2. The highest BCUT2D eigenvalue weighted by Gasteiger charge is 2.07. The van der Waals surface area contributed by atoms with Gasteiger partial charge < -0.3 is 10.3 Å². The fourth-order valence-electron chi connectivity index (χ4n) is 2.35. The number of aromatic nitrogens is 3. The lowest BCUT2D eigenvalue weighted by Crippen LogP contribution is -2.15. The number of pyridine rings is 1. The largest absolute Gasteiger partial charge is 0.329 e. The lowest BCUT2D eigenvalue weighted by Gasteiger charge is -2.08. The summed E-state index contributed by atoms with van der Waals surface area (Å²) in [6.45, 7) is 2.47. The minimum absolute atomic E-state index is 0.110. The van der Waals surface area contributed by atoms with Crippen LogP contribution in [0.3, 0.4) is 0 Å². The predicted molar refractivity (Wildman–Crippen MR) is 84.8 cm³/mol. The second-order valence-electron chi connectivity index (χ2n) is 5.15. The number of fused-ring (bicyclic) bond motifs is 1. The molecular weight excluding hydrogens is 280 g/mol. The third-order valence-corrected chi connectivity index (χ3v) is 3.42. The summed E-state index contributed by atoms with van der Waals surface area (Å²) in [4.78, 5) is 26.5. The summed E-state index contributed by atoms with van der Waals surface area (Å²) in [7, 11) is 0. The third-order valence-electron chi connectivity index (χ3n) is 3.42. The summed E-state index contributed by atoms with van der Waals surface area (Å²) >= 11 is 0. The summed E-state index contributed by atoms with van der Waals surface area (Å²) in [5.41, 5.74) is 1.54. The van der Waals surface area contributed by atoms with Crippen LogP contribution in [0.1, 0.15) is 12.0 Å². The van der Waals surface area contributed by atoms with Gasteiger partial charge in [-0.15, -0.1) is 0 Å². The Labute approximate surface area is 126 Å². The number of benzene rings is 1. The molecule has 1 aromatic carbocycles. The SMILES string of the molecule is Cc1cnn(CCC(=O)Nc2cccc3c(=O)[nH]ccc23)c1. The summed E-state index contributed by atoms with van der Waals surface area (Å²) in [6.07, 6.45) is 5.55. The summed E-state index contributed by atoms with van der Waals surface area (Å²) in [5, 5.41) is 8.29. The molecule has 0 radical (unpaired) electrons. The molecule has 3 aromatic rings. The molecular formula is C16H16N4O2. The number of nitrogens with zero attached hydrogens (tertiary/aromatic N) is 2. The number of anilines is 1. The molecule has 1 amide bonds. The van der Waals surface area contributed by atoms with Crippen molar-refractivity contribution >= 4 is 22.4 Å². The van der Waals surface area contributed by atoms with Crippen LogP contribution in [0, 0.1) is 6.92 Å². The Morgan fingerprint density at radius 1 is 1.32 bits per heavy atom. The highest BCUT2D eigenvalue weighted by molar-refractivity contribution is 6.01. The van der Waals surface area contributed by atoms with Crippen LogP contribution in [0.4, 0.5) is 5.69 Å². The van der Waals surface area contributed by atoms with Crippen molar-refractivity contribution in [1.82, 2.24) is 14.8 Å². The maximum absolute atomic E-state index is 12.1. The van der Waals surface area contributed by atoms with Crippen LogP contribution in [0.2, 0.25) is 0 Å². The number of aromatic amines is 1. The van der Waals surface area contributed by atoms with Crippen LogP contribution < -0.4 is 10.9 Å². The van der Waals surface area contributed by atoms with Gasteiger partial charge in [-0.25, -0.2) is 0 Å². The monoisotopic (exact) mass is 296 g/mol. The van der Waals surface area contributed by atoms with Crippen LogP contribution in [0.5, 0.6) is 0 Å². The fraction of sp³-hybridized carbons (Fsp3) is 0.188. The minimum atomic E-state index is -0.166. The van der Waals surface area contributed by atoms with Gasteiger partial charge >= 0.3 is 0 Å². The van der Waals surface area contributed by atoms with Gasteiger partial charge in [0.1, 0.15) is 0 Å². The molecule has 0 bridgehead atoms. The smallest absolute Gasteiger partial charge is 0.255 e. The lowest BCUT2D eigenvalue weighted by molar-refractivity contribution is -0.116. The highest BCUT2D eigenvalue weighted by atomic mass is 16.1. The van der Waals surface area contributed by atoms with Gasteiger partial charge in [0, 0.05) is 41.8 Å². The van der Waals surface area contributed by atoms with Gasteiger partial charge in [0.15, 0.2) is 0 Å². The van der Waals surface area contributed by atoms with Crippen molar-refractivity contribution < 1.29 is 4.79 Å². The molecule has 0 fully saturated rings. The Balaban J connectivity index is 1.74. The van der Waals surface area contributed by atoms with Crippen molar-refractivity contribution in [2.75, 3.05) is 5.32 Å². The molecule has 6 heteroatoms. The molecule has 0 aliphatic rings. The maximum atomic E-state index is 12.1. The molecule has 0 saturated heterocycles. The Hall–Kier alpha value is -2.89. The normalized spacial score (nSPS) is 10.8. The Morgan fingerprint density at radius 3 is 2.95 bits per heavy atom. The van der Waals surface area contributed by atoms with Crippen LogP contribution in [0.15, 0.2) is 47.7 Å². The first kappa shape index (κ1) is 14.1. The molecule has 0 aliphatic heterocycles. The van der Waals surface area contributed by atoms with E-state index in [1.807, 2.05) is 13.1 Å². The van der Waals surface area contributed by atoms with Crippen molar-refractivity contribution in [2.45, 2.75) is 19.9 Å². The van der Waals surface area contributed by atoms with E-state index in [0.29, 0.717) is 24.0 Å². The van der Waals surface area contributed by atoms with E-state index in [9.17, 15) is 9.59 Å². The Morgan fingerprint density at radius 2 is 2.18 bits per heavy atom. The molecule has 0 unspecified atom stereocenters. The molecule has 2 aromatic heterocycles. The van der Waals surface area contributed by atoms with E-state index >= 15 is 0 Å². The standard InChI is InChI=1S/C16H16N4O2/c1-11-9-18-20(10-11)8-6-15(21)19-14-4-2-3-13-12(14)5-7-17-16(13)22/h2-5,7,9-10H,6,8H2,1H3,(H,17,22)(H,19,21). The van der Waals surface area contributed by atoms with Gasteiger partial charge in [0.2, 0.25) is 5.91 Å². The van der Waals surface area contributed by atoms with Gasteiger partial charge in [-0.1, -0.05) is 6.07 Å². The summed E-state index contributed by atoms with van der Waals surface area (Å²) in [6, 6.07) is 7.06. The summed E-state index contributed by atoms with van der Waals surface area (Å²) in [5.74, 6) is -0.110. The van der Waals surface area contributed by atoms with Crippen LogP contribution >= 0.6 is 0 Å². The van der Waals surface area contributed by atoms with E-state index in [4.69, 9.17) is 0 Å². The highest BCUT2D eigenvalue weighted by Crippen LogP contribution is 2.20. The van der Waals surface area contributed by atoms with Crippen molar-refractivity contribution in [3.05, 3.63) is 58.8 Å².